The zero-order valence-corrected chi connectivity index (χ0v) is 20.7. The number of carbonyl (C=O) groups is 3. The first-order valence-corrected chi connectivity index (χ1v) is 11.7. The molecule has 1 saturated heterocycles. The number of likely N-dealkylation sites (tertiary alicyclic amines) is 1. The third kappa shape index (κ3) is 2.67. The van der Waals surface area contributed by atoms with E-state index in [1.807, 2.05) is 18.0 Å². The molecule has 1 saturated carbocycles. The van der Waals surface area contributed by atoms with Gasteiger partial charge >= 0.3 is 5.97 Å². The van der Waals surface area contributed by atoms with Crippen molar-refractivity contribution in [2.45, 2.75) is 18.5 Å². The maximum atomic E-state index is 13.7. The van der Waals surface area contributed by atoms with E-state index >= 15 is 0 Å². The second kappa shape index (κ2) is 7.60. The van der Waals surface area contributed by atoms with Gasteiger partial charge in [0, 0.05) is 37.1 Å². The highest BCUT2D eigenvalue weighted by atomic mass is 16.5. The van der Waals surface area contributed by atoms with Crippen LogP contribution in [-0.4, -0.2) is 81.5 Å². The second-order valence-corrected chi connectivity index (χ2v) is 9.60. The van der Waals surface area contributed by atoms with Crippen molar-refractivity contribution in [3.05, 3.63) is 40.7 Å². The Morgan fingerprint density at radius 1 is 1.08 bits per heavy atom. The van der Waals surface area contributed by atoms with E-state index in [0.29, 0.717) is 47.0 Å². The van der Waals surface area contributed by atoms with E-state index in [0.717, 1.165) is 16.7 Å². The molecular formula is C26H27N3O7. The van der Waals surface area contributed by atoms with Gasteiger partial charge in [-0.25, -0.2) is 4.79 Å². The molecule has 4 atom stereocenters. The highest BCUT2D eigenvalue weighted by Crippen LogP contribution is 2.68. The van der Waals surface area contributed by atoms with Crippen LogP contribution in [0.4, 0.5) is 0 Å². The molecule has 10 nitrogen and oxygen atoms in total. The van der Waals surface area contributed by atoms with Crippen LogP contribution in [0.3, 0.4) is 0 Å². The van der Waals surface area contributed by atoms with Crippen LogP contribution in [0.5, 0.6) is 17.2 Å². The zero-order valence-electron chi connectivity index (χ0n) is 20.7. The summed E-state index contributed by atoms with van der Waals surface area (Å²) in [4.78, 5) is 44.5. The number of allylic oxidation sites excluding steroid dienone is 1. The van der Waals surface area contributed by atoms with Gasteiger partial charge in [0.2, 0.25) is 5.75 Å². The lowest BCUT2D eigenvalue weighted by Crippen LogP contribution is -2.42. The number of fused-ring (bicyclic) bond motifs is 2. The molecule has 3 heterocycles. The van der Waals surface area contributed by atoms with Crippen molar-refractivity contribution in [2.24, 2.45) is 11.3 Å². The highest BCUT2D eigenvalue weighted by molar-refractivity contribution is 6.14. The number of carbonyl (C=O) groups excluding carboxylic acids is 3. The lowest BCUT2D eigenvalue weighted by molar-refractivity contribution is -0.136. The quantitative estimate of drug-likeness (QED) is 0.351. The number of aromatic nitrogens is 1. The van der Waals surface area contributed by atoms with E-state index in [1.54, 1.807) is 12.1 Å². The van der Waals surface area contributed by atoms with Gasteiger partial charge in [-0.3, -0.25) is 14.9 Å². The van der Waals surface area contributed by atoms with Gasteiger partial charge in [-0.15, -0.1) is 0 Å². The zero-order chi connectivity index (χ0) is 25.5. The Bertz CT molecular complexity index is 1420. The first-order valence-electron chi connectivity index (χ1n) is 11.7. The summed E-state index contributed by atoms with van der Waals surface area (Å²) in [5.41, 5.74) is 2.30. The number of esters is 1. The number of hydrogen-bond acceptors (Lipinski definition) is 9. The molecule has 4 unspecified atom stereocenters. The van der Waals surface area contributed by atoms with Crippen molar-refractivity contribution < 1.29 is 33.3 Å². The molecule has 6 rings (SSSR count). The predicted octanol–water partition coefficient (Wildman–Crippen LogP) is 1.60. The summed E-state index contributed by atoms with van der Waals surface area (Å²) < 4.78 is 21.5. The fourth-order valence-electron chi connectivity index (χ4n) is 6.50. The molecule has 10 heteroatoms. The molecule has 2 aliphatic heterocycles. The fraction of sp³-hybridized carbons (Fsp3) is 0.423. The van der Waals surface area contributed by atoms with Gasteiger partial charge in [0.1, 0.15) is 5.41 Å². The molecule has 0 bridgehead atoms. The molecule has 36 heavy (non-hydrogen) atoms. The summed E-state index contributed by atoms with van der Waals surface area (Å²) in [6.45, 7) is 0.558. The third-order valence-corrected chi connectivity index (χ3v) is 8.01. The van der Waals surface area contributed by atoms with Gasteiger partial charge in [-0.1, -0.05) is 6.08 Å². The number of nitrogens with one attached hydrogen (secondary N) is 2. The number of H-pyrrole nitrogens is 1. The van der Waals surface area contributed by atoms with Gasteiger partial charge in [-0.05, 0) is 17.7 Å². The average Bonchev–Trinajstić information content (AvgIpc) is 3.34. The van der Waals surface area contributed by atoms with E-state index in [4.69, 9.17) is 18.9 Å². The molecule has 2 aromatic rings. The monoisotopic (exact) mass is 493 g/mol. The molecule has 1 spiro atoms. The van der Waals surface area contributed by atoms with Crippen molar-refractivity contribution in [2.75, 3.05) is 42.0 Å². The molecule has 1 aromatic carbocycles. The molecule has 188 valence electrons. The lowest BCUT2D eigenvalue weighted by Gasteiger charge is -2.33. The van der Waals surface area contributed by atoms with Crippen LogP contribution >= 0.6 is 0 Å². The van der Waals surface area contributed by atoms with E-state index < -0.39 is 17.4 Å². The molecule has 1 aromatic heterocycles. The Kier molecular flexibility index (Phi) is 4.79. The van der Waals surface area contributed by atoms with Gasteiger partial charge in [0.25, 0.3) is 0 Å². The first kappa shape index (κ1) is 22.7. The molecule has 2 N–H and O–H groups in total. The van der Waals surface area contributed by atoms with Gasteiger partial charge in [0.15, 0.2) is 23.1 Å². The molecular weight excluding hydrogens is 466 g/mol. The smallest absolute Gasteiger partial charge is 0.335 e. The highest BCUT2D eigenvalue weighted by Gasteiger charge is 2.77. The summed E-state index contributed by atoms with van der Waals surface area (Å²) in [5, 5.41) is 4.10. The van der Waals surface area contributed by atoms with E-state index in [-0.39, 0.29) is 23.5 Å². The Morgan fingerprint density at radius 2 is 1.83 bits per heavy atom. The Labute approximate surface area is 207 Å². The molecule has 2 fully saturated rings. The van der Waals surface area contributed by atoms with Crippen LogP contribution in [0.25, 0.3) is 10.9 Å². The molecule has 0 amide bonds. The lowest BCUT2D eigenvalue weighted by atomic mass is 9.77. The number of ketones is 2. The number of rotatable bonds is 6. The molecule has 2 aliphatic carbocycles. The van der Waals surface area contributed by atoms with Crippen LogP contribution in [0.15, 0.2) is 35.1 Å². The van der Waals surface area contributed by atoms with Gasteiger partial charge in [0.05, 0.1) is 57.2 Å². The molecule has 4 aliphatic rings. The normalized spacial score (nSPS) is 27.9. The first-order chi connectivity index (χ1) is 17.3. The number of piperidine rings is 1. The minimum Gasteiger partial charge on any atom is -0.493 e. The van der Waals surface area contributed by atoms with Crippen molar-refractivity contribution >= 4 is 28.4 Å². The van der Waals surface area contributed by atoms with E-state index in [2.05, 4.69) is 10.3 Å². The fourth-order valence-corrected chi connectivity index (χ4v) is 6.50. The predicted molar refractivity (Wildman–Crippen MR) is 128 cm³/mol. The van der Waals surface area contributed by atoms with Crippen molar-refractivity contribution in [3.63, 3.8) is 0 Å². The maximum Gasteiger partial charge on any atom is 0.335 e. The van der Waals surface area contributed by atoms with E-state index in [9.17, 15) is 14.4 Å². The molecule has 0 radical (unpaired) electrons. The number of aromatic amines is 1. The van der Waals surface area contributed by atoms with E-state index in [1.165, 1.54) is 28.4 Å². The number of Topliss-reactive ketones (excluding diaryl/α,β-unsaturated/α-hetero) is 2. The van der Waals surface area contributed by atoms with Crippen molar-refractivity contribution in [3.8, 4) is 17.2 Å². The van der Waals surface area contributed by atoms with Crippen LogP contribution < -0.4 is 19.5 Å². The summed E-state index contributed by atoms with van der Waals surface area (Å²) in [6, 6.07) is 2.58. The Morgan fingerprint density at radius 3 is 2.50 bits per heavy atom. The maximum absolute atomic E-state index is 13.7. The Balaban J connectivity index is 1.39. The summed E-state index contributed by atoms with van der Waals surface area (Å²) in [5.74, 6) is 0.657. The van der Waals surface area contributed by atoms with Crippen LogP contribution in [0.1, 0.15) is 16.9 Å². The third-order valence-electron chi connectivity index (χ3n) is 8.01. The largest absolute Gasteiger partial charge is 0.493 e. The van der Waals surface area contributed by atoms with Crippen molar-refractivity contribution in [1.82, 2.24) is 15.2 Å². The number of nitrogens with zero attached hydrogens (tertiary/aromatic N) is 1. The topological polar surface area (TPSA) is 119 Å². The number of benzene rings is 1. The second-order valence-electron chi connectivity index (χ2n) is 9.60. The minimum atomic E-state index is -0.826. The number of methoxy groups -OCH3 is 4. The summed E-state index contributed by atoms with van der Waals surface area (Å²) in [6.07, 6.45) is 2.24. The summed E-state index contributed by atoms with van der Waals surface area (Å²) in [7, 11) is 7.82. The van der Waals surface area contributed by atoms with Crippen LogP contribution in [0, 0.1) is 11.3 Å². The summed E-state index contributed by atoms with van der Waals surface area (Å²) >= 11 is 0. The van der Waals surface area contributed by atoms with Crippen LogP contribution in [-0.2, 0) is 14.3 Å². The number of hydrogen-bond donors (Lipinski definition) is 2. The van der Waals surface area contributed by atoms with Crippen LogP contribution in [0.2, 0.25) is 0 Å². The number of ether oxygens (including phenoxy) is 4. The minimum absolute atomic E-state index is 0.109. The average molecular weight is 494 g/mol. The SMILES string of the molecule is COC(=O)C1=C2N(C)CC3C(=O)C23C2=CC(C(=O)c3cc4cc(OC)c(OC)c(OC)c4[nH]3)NC2C1. The van der Waals surface area contributed by atoms with Gasteiger partial charge in [-0.2, -0.15) is 0 Å². The standard InChI is InChI=1S/C26H27N3O7/c1-29-10-14-24(31)26(14)13-9-17(27-15(13)8-12(23(26)29)25(32)36-5)20(30)16-6-11-7-18(33-2)21(34-3)22(35-4)19(11)28-16/h6-7,9,14-15,17,27-28H,8,10H2,1-5H3. The van der Waals surface area contributed by atoms with Gasteiger partial charge < -0.3 is 28.8 Å². The Hall–Kier alpha value is -3.79. The van der Waals surface area contributed by atoms with Crippen molar-refractivity contribution in [1.29, 1.82) is 0 Å².